The van der Waals surface area contributed by atoms with Gasteiger partial charge in [0, 0.05) is 0 Å². The maximum atomic E-state index is 5.85. The molecule has 120 valence electrons. The van der Waals surface area contributed by atoms with Crippen molar-refractivity contribution in [2.45, 2.75) is 19.6 Å². The highest BCUT2D eigenvalue weighted by Crippen LogP contribution is 2.35. The molecule has 0 radical (unpaired) electrons. The monoisotopic (exact) mass is 312 g/mol. The maximum Gasteiger partial charge on any atom is 0.231 e. The quantitative estimate of drug-likeness (QED) is 0.727. The van der Waals surface area contributed by atoms with E-state index in [-0.39, 0.29) is 6.79 Å². The lowest BCUT2D eigenvalue weighted by Crippen LogP contribution is -1.99. The summed E-state index contributed by atoms with van der Waals surface area (Å²) < 4.78 is 21.9. The number of methoxy groups -OCH3 is 1. The lowest BCUT2D eigenvalue weighted by atomic mass is 10.0. The van der Waals surface area contributed by atoms with Crippen molar-refractivity contribution in [1.29, 1.82) is 0 Å². The lowest BCUT2D eigenvalue weighted by Gasteiger charge is -2.11. The van der Waals surface area contributed by atoms with Gasteiger partial charge in [-0.25, -0.2) is 0 Å². The van der Waals surface area contributed by atoms with Gasteiger partial charge < -0.3 is 18.9 Å². The molecule has 0 fully saturated rings. The van der Waals surface area contributed by atoms with Gasteiger partial charge in [0.25, 0.3) is 0 Å². The van der Waals surface area contributed by atoms with Crippen molar-refractivity contribution >= 4 is 0 Å². The van der Waals surface area contributed by atoms with Crippen LogP contribution in [0.5, 0.6) is 17.2 Å². The molecule has 23 heavy (non-hydrogen) atoms. The predicted molar refractivity (Wildman–Crippen MR) is 88.0 cm³/mol. The Morgan fingerprint density at radius 2 is 1.74 bits per heavy atom. The van der Waals surface area contributed by atoms with Crippen LogP contribution in [0.4, 0.5) is 0 Å². The highest BCUT2D eigenvalue weighted by atomic mass is 16.7. The molecule has 4 nitrogen and oxygen atoms in total. The summed E-state index contributed by atoms with van der Waals surface area (Å²) in [6.07, 6.45) is 2.66. The van der Waals surface area contributed by atoms with Crippen LogP contribution in [0, 0.1) is 0 Å². The van der Waals surface area contributed by atoms with Crippen LogP contribution in [-0.2, 0) is 24.4 Å². The molecule has 1 aliphatic rings. The minimum Gasteiger partial charge on any atom is -0.497 e. The summed E-state index contributed by atoms with van der Waals surface area (Å²) in [6, 6.07) is 11.9. The van der Waals surface area contributed by atoms with E-state index >= 15 is 0 Å². The molecule has 0 saturated carbocycles. The Labute approximate surface area is 136 Å². The first-order valence-corrected chi connectivity index (χ1v) is 7.53. The summed E-state index contributed by atoms with van der Waals surface area (Å²) in [6.45, 7) is 5.15. The van der Waals surface area contributed by atoms with Crippen LogP contribution < -0.4 is 14.2 Å². The summed E-state index contributed by atoms with van der Waals surface area (Å²) in [4.78, 5) is 0. The zero-order chi connectivity index (χ0) is 16.1. The molecule has 0 aliphatic carbocycles. The minimum absolute atomic E-state index is 0.277. The zero-order valence-electron chi connectivity index (χ0n) is 13.2. The van der Waals surface area contributed by atoms with Gasteiger partial charge in [-0.3, -0.25) is 0 Å². The van der Waals surface area contributed by atoms with Gasteiger partial charge in [-0.15, -0.1) is 6.58 Å². The Hall–Kier alpha value is -2.46. The van der Waals surface area contributed by atoms with E-state index in [2.05, 4.69) is 6.58 Å². The molecule has 2 aromatic carbocycles. The summed E-state index contributed by atoms with van der Waals surface area (Å²) in [5, 5.41) is 0. The molecule has 0 unspecified atom stereocenters. The zero-order valence-corrected chi connectivity index (χ0v) is 13.2. The molecule has 0 amide bonds. The van der Waals surface area contributed by atoms with E-state index in [0.717, 1.165) is 40.4 Å². The van der Waals surface area contributed by atoms with Gasteiger partial charge in [-0.05, 0) is 47.4 Å². The van der Waals surface area contributed by atoms with Crippen LogP contribution in [0.25, 0.3) is 0 Å². The van der Waals surface area contributed by atoms with Crippen LogP contribution in [0.2, 0.25) is 0 Å². The van der Waals surface area contributed by atoms with Crippen molar-refractivity contribution in [3.63, 3.8) is 0 Å². The number of rotatable bonds is 7. The minimum atomic E-state index is 0.277. The fourth-order valence-corrected chi connectivity index (χ4v) is 2.51. The molecule has 0 bridgehead atoms. The first-order chi connectivity index (χ1) is 11.3. The molecule has 0 aromatic heterocycles. The Morgan fingerprint density at radius 1 is 1.04 bits per heavy atom. The van der Waals surface area contributed by atoms with Gasteiger partial charge >= 0.3 is 0 Å². The highest BCUT2D eigenvalue weighted by molar-refractivity contribution is 5.49. The summed E-state index contributed by atoms with van der Waals surface area (Å²) >= 11 is 0. The van der Waals surface area contributed by atoms with E-state index in [0.29, 0.717) is 13.2 Å². The van der Waals surface area contributed by atoms with Crippen molar-refractivity contribution in [3.05, 3.63) is 65.7 Å². The van der Waals surface area contributed by atoms with Gasteiger partial charge in [0.15, 0.2) is 11.5 Å². The second kappa shape index (κ2) is 7.20. The van der Waals surface area contributed by atoms with Crippen molar-refractivity contribution in [3.8, 4) is 17.2 Å². The highest BCUT2D eigenvalue weighted by Gasteiger charge is 2.16. The van der Waals surface area contributed by atoms with E-state index in [1.807, 2.05) is 42.5 Å². The van der Waals surface area contributed by atoms with Crippen molar-refractivity contribution < 1.29 is 18.9 Å². The third-order valence-corrected chi connectivity index (χ3v) is 3.74. The van der Waals surface area contributed by atoms with E-state index < -0.39 is 0 Å². The van der Waals surface area contributed by atoms with Crippen molar-refractivity contribution in [2.24, 2.45) is 0 Å². The number of hydrogen-bond donors (Lipinski definition) is 0. The fraction of sp³-hybridized carbons (Fsp3) is 0.263. The van der Waals surface area contributed by atoms with Crippen molar-refractivity contribution in [1.82, 2.24) is 0 Å². The first kappa shape index (κ1) is 15.4. The van der Waals surface area contributed by atoms with Gasteiger partial charge in [-0.1, -0.05) is 18.2 Å². The van der Waals surface area contributed by atoms with E-state index in [9.17, 15) is 0 Å². The molecule has 1 heterocycles. The SMILES string of the molecule is C=CCc1cc2c(cc1COCc1ccc(OC)cc1)OCO2. The Bertz CT molecular complexity index is 677. The summed E-state index contributed by atoms with van der Waals surface area (Å²) in [5.74, 6) is 2.42. The molecule has 2 aromatic rings. The van der Waals surface area contributed by atoms with Gasteiger partial charge in [0.2, 0.25) is 6.79 Å². The van der Waals surface area contributed by atoms with Crippen LogP contribution in [0.3, 0.4) is 0 Å². The molecule has 0 saturated heterocycles. The number of allylic oxidation sites excluding steroid dienone is 1. The number of hydrogen-bond acceptors (Lipinski definition) is 4. The van der Waals surface area contributed by atoms with E-state index in [1.54, 1.807) is 7.11 Å². The Kier molecular flexibility index (Phi) is 4.83. The topological polar surface area (TPSA) is 36.9 Å². The predicted octanol–water partition coefficient (Wildman–Crippen LogP) is 3.87. The average molecular weight is 312 g/mol. The second-order valence-electron chi connectivity index (χ2n) is 5.31. The molecule has 0 atom stereocenters. The lowest BCUT2D eigenvalue weighted by molar-refractivity contribution is 0.106. The number of fused-ring (bicyclic) bond motifs is 1. The third kappa shape index (κ3) is 3.66. The molecule has 3 rings (SSSR count). The Morgan fingerprint density at radius 3 is 2.39 bits per heavy atom. The standard InChI is InChI=1S/C19H20O4/c1-3-4-15-9-18-19(23-13-22-18)10-16(15)12-21-11-14-5-7-17(20-2)8-6-14/h3,5-10H,1,4,11-13H2,2H3. The van der Waals surface area contributed by atoms with Gasteiger partial charge in [-0.2, -0.15) is 0 Å². The van der Waals surface area contributed by atoms with Crippen LogP contribution in [0.1, 0.15) is 16.7 Å². The molecule has 4 heteroatoms. The average Bonchev–Trinajstić information content (AvgIpc) is 3.03. The van der Waals surface area contributed by atoms with Crippen LogP contribution >= 0.6 is 0 Å². The number of ether oxygens (including phenoxy) is 4. The molecular weight excluding hydrogens is 292 g/mol. The number of benzene rings is 2. The first-order valence-electron chi connectivity index (χ1n) is 7.53. The van der Waals surface area contributed by atoms with Gasteiger partial charge in [0.1, 0.15) is 5.75 Å². The normalized spacial score (nSPS) is 12.2. The molecular formula is C19H20O4. The summed E-state index contributed by atoms with van der Waals surface area (Å²) in [5.41, 5.74) is 3.36. The molecule has 0 spiro atoms. The van der Waals surface area contributed by atoms with E-state index in [1.165, 1.54) is 0 Å². The smallest absolute Gasteiger partial charge is 0.231 e. The Balaban J connectivity index is 1.65. The third-order valence-electron chi connectivity index (χ3n) is 3.74. The van der Waals surface area contributed by atoms with Gasteiger partial charge in [0.05, 0.1) is 20.3 Å². The second-order valence-corrected chi connectivity index (χ2v) is 5.31. The maximum absolute atomic E-state index is 5.85. The summed E-state index contributed by atoms with van der Waals surface area (Å²) in [7, 11) is 1.66. The molecule has 0 N–H and O–H groups in total. The molecule has 1 aliphatic heterocycles. The largest absolute Gasteiger partial charge is 0.497 e. The van der Waals surface area contributed by atoms with Crippen molar-refractivity contribution in [2.75, 3.05) is 13.9 Å². The van der Waals surface area contributed by atoms with Crippen LogP contribution in [0.15, 0.2) is 49.1 Å². The van der Waals surface area contributed by atoms with Crippen LogP contribution in [-0.4, -0.2) is 13.9 Å². The fourth-order valence-electron chi connectivity index (χ4n) is 2.51. The van der Waals surface area contributed by atoms with E-state index in [4.69, 9.17) is 18.9 Å².